The van der Waals surface area contributed by atoms with Crippen LogP contribution in [0.4, 0.5) is 5.69 Å². The molecule has 9 heteroatoms. The highest BCUT2D eigenvalue weighted by molar-refractivity contribution is 7.09. The number of nitrogens with one attached hydrogen (secondary N) is 1. The van der Waals surface area contributed by atoms with Crippen molar-refractivity contribution < 1.29 is 9.53 Å². The Hall–Kier alpha value is -3.59. The molecule has 8 nitrogen and oxygen atoms in total. The number of nitrogens with zero attached hydrogens (tertiary/aromatic N) is 5. The van der Waals surface area contributed by atoms with Crippen molar-refractivity contribution in [3.8, 4) is 23.0 Å². The van der Waals surface area contributed by atoms with Gasteiger partial charge in [-0.25, -0.2) is 9.67 Å². The van der Waals surface area contributed by atoms with Crippen molar-refractivity contribution >= 4 is 22.9 Å². The van der Waals surface area contributed by atoms with Gasteiger partial charge in [0.1, 0.15) is 0 Å². The number of hydrogen-bond acceptors (Lipinski definition) is 7. The molecule has 30 heavy (non-hydrogen) atoms. The second kappa shape index (κ2) is 8.42. The van der Waals surface area contributed by atoms with Crippen LogP contribution in [0.25, 0.3) is 17.1 Å². The van der Waals surface area contributed by atoms with Gasteiger partial charge in [-0.1, -0.05) is 12.1 Å². The van der Waals surface area contributed by atoms with Gasteiger partial charge in [-0.05, 0) is 39.0 Å². The van der Waals surface area contributed by atoms with Crippen molar-refractivity contribution in [2.24, 2.45) is 0 Å². The van der Waals surface area contributed by atoms with Crippen LogP contribution in [-0.2, 0) is 0 Å². The zero-order chi connectivity index (χ0) is 21.1. The van der Waals surface area contributed by atoms with Crippen LogP contribution >= 0.6 is 11.3 Å². The molecule has 0 unspecified atom stereocenters. The molecule has 1 amide bonds. The number of anilines is 1. The predicted octanol–water partition coefficient (Wildman–Crippen LogP) is 4.05. The summed E-state index contributed by atoms with van der Waals surface area (Å²) < 4.78 is 6.88. The van der Waals surface area contributed by atoms with E-state index in [0.717, 1.165) is 16.3 Å². The van der Waals surface area contributed by atoms with E-state index in [1.54, 1.807) is 28.2 Å². The molecule has 3 aromatic heterocycles. The zero-order valence-electron chi connectivity index (χ0n) is 16.8. The topological polar surface area (TPSA) is 94.8 Å². The van der Waals surface area contributed by atoms with Crippen LogP contribution in [0.2, 0.25) is 0 Å². The van der Waals surface area contributed by atoms with Gasteiger partial charge in [0, 0.05) is 22.7 Å². The van der Waals surface area contributed by atoms with Crippen LogP contribution in [0.5, 0.6) is 5.88 Å². The molecule has 152 valence electrons. The Bertz CT molecular complexity index is 1180. The summed E-state index contributed by atoms with van der Waals surface area (Å²) >= 11 is 1.59. The van der Waals surface area contributed by atoms with Crippen molar-refractivity contribution in [2.75, 3.05) is 11.9 Å². The van der Waals surface area contributed by atoms with E-state index in [9.17, 15) is 4.79 Å². The predicted molar refractivity (Wildman–Crippen MR) is 115 cm³/mol. The highest BCUT2D eigenvalue weighted by Gasteiger charge is 2.17. The average molecular weight is 420 g/mol. The van der Waals surface area contributed by atoms with E-state index in [1.165, 1.54) is 6.20 Å². The quantitative estimate of drug-likeness (QED) is 0.506. The first-order valence-electron chi connectivity index (χ1n) is 9.40. The average Bonchev–Trinajstić information content (AvgIpc) is 3.35. The largest absolute Gasteiger partial charge is 0.477 e. The normalized spacial score (nSPS) is 10.8. The number of amides is 1. The maximum absolute atomic E-state index is 12.8. The standard InChI is InChI=1S/C21H20N6O2S/c1-4-29-20-9-8-19(25-26-20)27-13(2)17(11-22-27)21(28)24-16-7-5-6-15(10-16)18-12-30-14(3)23-18/h5-12H,4H2,1-3H3,(H,24,28). The SMILES string of the molecule is CCOc1ccc(-n2ncc(C(=O)Nc3cccc(-c4csc(C)n4)c3)c2C)nn1. The van der Waals surface area contributed by atoms with Crippen LogP contribution < -0.4 is 10.1 Å². The summed E-state index contributed by atoms with van der Waals surface area (Å²) in [7, 11) is 0. The number of aryl methyl sites for hydroxylation is 1. The smallest absolute Gasteiger partial charge is 0.259 e. The fraction of sp³-hybridized carbons (Fsp3) is 0.190. The molecule has 3 heterocycles. The number of hydrogen-bond donors (Lipinski definition) is 1. The van der Waals surface area contributed by atoms with Crippen LogP contribution in [0.1, 0.15) is 28.0 Å². The maximum Gasteiger partial charge on any atom is 0.259 e. The summed E-state index contributed by atoms with van der Waals surface area (Å²) in [6.07, 6.45) is 1.52. The van der Waals surface area contributed by atoms with Crippen LogP contribution in [0.15, 0.2) is 48.0 Å². The molecular formula is C21H20N6O2S. The molecule has 0 bridgehead atoms. The minimum Gasteiger partial charge on any atom is -0.477 e. The summed E-state index contributed by atoms with van der Waals surface area (Å²) in [5, 5.41) is 18.4. The molecular weight excluding hydrogens is 400 g/mol. The molecule has 0 radical (unpaired) electrons. The first-order valence-corrected chi connectivity index (χ1v) is 10.3. The third-order valence-electron chi connectivity index (χ3n) is 4.42. The number of rotatable bonds is 6. The van der Waals surface area contributed by atoms with Gasteiger partial charge in [-0.15, -0.1) is 21.5 Å². The number of thiazole rings is 1. The van der Waals surface area contributed by atoms with Gasteiger partial charge in [-0.2, -0.15) is 5.10 Å². The first-order chi connectivity index (χ1) is 14.5. The van der Waals surface area contributed by atoms with Crippen molar-refractivity contribution in [3.05, 3.63) is 64.2 Å². The summed E-state index contributed by atoms with van der Waals surface area (Å²) in [5.74, 6) is 0.708. The minimum atomic E-state index is -0.246. The number of aromatic nitrogens is 5. The lowest BCUT2D eigenvalue weighted by Crippen LogP contribution is -2.13. The molecule has 0 saturated heterocycles. The summed E-state index contributed by atoms with van der Waals surface area (Å²) in [6.45, 7) is 6.18. The van der Waals surface area contributed by atoms with Gasteiger partial charge in [0.15, 0.2) is 5.82 Å². The number of benzene rings is 1. The lowest BCUT2D eigenvalue weighted by atomic mass is 10.1. The van der Waals surface area contributed by atoms with Gasteiger partial charge in [0.2, 0.25) is 5.88 Å². The third kappa shape index (κ3) is 4.06. The van der Waals surface area contributed by atoms with Gasteiger partial charge in [-0.3, -0.25) is 4.79 Å². The van der Waals surface area contributed by atoms with Gasteiger partial charge in [0.05, 0.1) is 34.8 Å². The summed E-state index contributed by atoms with van der Waals surface area (Å²) in [4.78, 5) is 17.3. The van der Waals surface area contributed by atoms with E-state index in [4.69, 9.17) is 4.74 Å². The van der Waals surface area contributed by atoms with Crippen molar-refractivity contribution in [1.82, 2.24) is 25.0 Å². The molecule has 4 aromatic rings. The van der Waals surface area contributed by atoms with E-state index in [1.807, 2.05) is 50.4 Å². The molecule has 4 rings (SSSR count). The number of carbonyl (C=O) groups excluding carboxylic acids is 1. The Kier molecular flexibility index (Phi) is 5.53. The zero-order valence-corrected chi connectivity index (χ0v) is 17.6. The first kappa shape index (κ1) is 19.7. The van der Waals surface area contributed by atoms with Crippen LogP contribution in [0, 0.1) is 13.8 Å². The molecule has 0 spiro atoms. The second-order valence-corrected chi connectivity index (χ2v) is 7.57. The third-order valence-corrected chi connectivity index (χ3v) is 5.20. The van der Waals surface area contributed by atoms with Gasteiger partial charge < -0.3 is 10.1 Å². The van der Waals surface area contributed by atoms with Crippen molar-refractivity contribution in [3.63, 3.8) is 0 Å². The summed E-state index contributed by atoms with van der Waals surface area (Å²) in [6, 6.07) is 11.1. The molecule has 0 fully saturated rings. The molecule has 0 aliphatic heterocycles. The van der Waals surface area contributed by atoms with E-state index in [2.05, 4.69) is 25.6 Å². The molecule has 0 aliphatic rings. The highest BCUT2D eigenvalue weighted by atomic mass is 32.1. The van der Waals surface area contributed by atoms with E-state index < -0.39 is 0 Å². The number of carbonyl (C=O) groups is 1. The van der Waals surface area contributed by atoms with Crippen LogP contribution in [0.3, 0.4) is 0 Å². The van der Waals surface area contributed by atoms with Gasteiger partial charge in [0.25, 0.3) is 5.91 Å². The fourth-order valence-electron chi connectivity index (χ4n) is 2.97. The van der Waals surface area contributed by atoms with E-state index in [0.29, 0.717) is 35.2 Å². The van der Waals surface area contributed by atoms with Crippen LogP contribution in [-0.4, -0.2) is 37.5 Å². The van der Waals surface area contributed by atoms with Crippen molar-refractivity contribution in [2.45, 2.75) is 20.8 Å². The molecule has 0 saturated carbocycles. The van der Waals surface area contributed by atoms with Gasteiger partial charge >= 0.3 is 0 Å². The Morgan fingerprint density at radius 1 is 1.20 bits per heavy atom. The van der Waals surface area contributed by atoms with Crippen molar-refractivity contribution in [1.29, 1.82) is 0 Å². The minimum absolute atomic E-state index is 0.246. The maximum atomic E-state index is 12.8. The Balaban J connectivity index is 1.53. The lowest BCUT2D eigenvalue weighted by molar-refractivity contribution is 0.102. The Morgan fingerprint density at radius 3 is 2.77 bits per heavy atom. The highest BCUT2D eigenvalue weighted by Crippen LogP contribution is 2.24. The fourth-order valence-corrected chi connectivity index (χ4v) is 3.59. The summed E-state index contributed by atoms with van der Waals surface area (Å²) in [5.41, 5.74) is 3.66. The van der Waals surface area contributed by atoms with E-state index >= 15 is 0 Å². The molecule has 1 N–H and O–H groups in total. The van der Waals surface area contributed by atoms with E-state index in [-0.39, 0.29) is 5.91 Å². The molecule has 0 aliphatic carbocycles. The molecule has 1 aromatic carbocycles. The second-order valence-electron chi connectivity index (χ2n) is 6.50. The Morgan fingerprint density at radius 2 is 2.07 bits per heavy atom. The molecule has 0 atom stereocenters. The Labute approximate surface area is 177 Å². The monoisotopic (exact) mass is 420 g/mol. The number of ether oxygens (including phenoxy) is 1. The lowest BCUT2D eigenvalue weighted by Gasteiger charge is -2.07.